The van der Waals surface area contributed by atoms with E-state index in [-0.39, 0.29) is 24.4 Å². The molecule has 1 heterocycles. The fourth-order valence-electron chi connectivity index (χ4n) is 2.92. The molecule has 0 bridgehead atoms. The SMILES string of the molecule is CC1(C)CCC(NC(=O)[C@@H]2CCCCN2)CC1.Cl. The van der Waals surface area contributed by atoms with Crippen molar-refractivity contribution in [3.63, 3.8) is 0 Å². The first-order chi connectivity index (χ1) is 8.07. The molecule has 106 valence electrons. The number of amides is 1. The molecule has 1 aliphatic carbocycles. The summed E-state index contributed by atoms with van der Waals surface area (Å²) in [5.74, 6) is 0.231. The molecule has 2 aliphatic rings. The Balaban J connectivity index is 0.00000162. The molecule has 0 aromatic carbocycles. The van der Waals surface area contributed by atoms with Crippen LogP contribution < -0.4 is 10.6 Å². The van der Waals surface area contributed by atoms with Crippen LogP contribution in [0.5, 0.6) is 0 Å². The van der Waals surface area contributed by atoms with E-state index in [4.69, 9.17) is 0 Å². The van der Waals surface area contributed by atoms with Gasteiger partial charge in [0.15, 0.2) is 0 Å². The summed E-state index contributed by atoms with van der Waals surface area (Å²) in [4.78, 5) is 12.1. The van der Waals surface area contributed by atoms with E-state index in [0.717, 1.165) is 25.8 Å². The Labute approximate surface area is 117 Å². The second-order valence-electron chi connectivity index (χ2n) is 6.45. The molecule has 1 amide bonds. The van der Waals surface area contributed by atoms with E-state index in [1.54, 1.807) is 0 Å². The molecule has 0 spiro atoms. The monoisotopic (exact) mass is 274 g/mol. The molecular formula is C14H27ClN2O. The van der Waals surface area contributed by atoms with E-state index in [9.17, 15) is 4.79 Å². The largest absolute Gasteiger partial charge is 0.352 e. The summed E-state index contributed by atoms with van der Waals surface area (Å²) in [6.07, 6.45) is 8.15. The highest BCUT2D eigenvalue weighted by Crippen LogP contribution is 2.35. The number of nitrogens with one attached hydrogen (secondary N) is 2. The molecule has 18 heavy (non-hydrogen) atoms. The van der Waals surface area contributed by atoms with Gasteiger partial charge in [0.1, 0.15) is 0 Å². The van der Waals surface area contributed by atoms with Crippen LogP contribution in [0.25, 0.3) is 0 Å². The third-order valence-electron chi connectivity index (χ3n) is 4.31. The van der Waals surface area contributed by atoms with Crippen LogP contribution in [-0.2, 0) is 4.79 Å². The zero-order chi connectivity index (χ0) is 12.3. The molecular weight excluding hydrogens is 248 g/mol. The third-order valence-corrected chi connectivity index (χ3v) is 4.31. The van der Waals surface area contributed by atoms with Gasteiger partial charge in [-0.2, -0.15) is 0 Å². The summed E-state index contributed by atoms with van der Waals surface area (Å²) in [5.41, 5.74) is 0.477. The second kappa shape index (κ2) is 6.76. The maximum atomic E-state index is 12.1. The van der Waals surface area contributed by atoms with Crippen LogP contribution >= 0.6 is 12.4 Å². The van der Waals surface area contributed by atoms with E-state index >= 15 is 0 Å². The van der Waals surface area contributed by atoms with Gasteiger partial charge >= 0.3 is 0 Å². The standard InChI is InChI=1S/C14H26N2O.ClH/c1-14(2)8-6-11(7-9-14)16-13(17)12-5-3-4-10-15-12;/h11-12,15H,3-10H2,1-2H3,(H,16,17);1H/t12-;/m0./s1. The minimum Gasteiger partial charge on any atom is -0.352 e. The van der Waals surface area contributed by atoms with Crippen LogP contribution in [0, 0.1) is 5.41 Å². The van der Waals surface area contributed by atoms with Crippen LogP contribution in [0.3, 0.4) is 0 Å². The Morgan fingerprint density at radius 1 is 1.17 bits per heavy atom. The molecule has 0 aromatic rings. The lowest BCUT2D eigenvalue weighted by molar-refractivity contribution is -0.124. The minimum atomic E-state index is 0. The topological polar surface area (TPSA) is 41.1 Å². The Bertz CT molecular complexity index is 265. The van der Waals surface area contributed by atoms with Gasteiger partial charge < -0.3 is 10.6 Å². The molecule has 4 heteroatoms. The first-order valence-electron chi connectivity index (χ1n) is 7.11. The average molecular weight is 275 g/mol. The molecule has 0 aromatic heterocycles. The lowest BCUT2D eigenvalue weighted by Gasteiger charge is -2.35. The molecule has 1 atom stereocenters. The highest BCUT2D eigenvalue weighted by molar-refractivity contribution is 5.85. The molecule has 2 rings (SSSR count). The summed E-state index contributed by atoms with van der Waals surface area (Å²) in [6, 6.07) is 0.484. The number of hydrogen-bond donors (Lipinski definition) is 2. The Morgan fingerprint density at radius 2 is 1.83 bits per heavy atom. The van der Waals surface area contributed by atoms with Gasteiger partial charge in [-0.25, -0.2) is 0 Å². The van der Waals surface area contributed by atoms with E-state index in [0.29, 0.717) is 11.5 Å². The Kier molecular flexibility index (Phi) is 5.93. The summed E-state index contributed by atoms with van der Waals surface area (Å²) >= 11 is 0. The number of carbonyl (C=O) groups excluding carboxylic acids is 1. The summed E-state index contributed by atoms with van der Waals surface area (Å²) < 4.78 is 0. The van der Waals surface area contributed by atoms with Crippen LogP contribution in [0.15, 0.2) is 0 Å². The van der Waals surface area contributed by atoms with Gasteiger partial charge in [-0.1, -0.05) is 20.3 Å². The van der Waals surface area contributed by atoms with Gasteiger partial charge in [0.25, 0.3) is 0 Å². The lowest BCUT2D eigenvalue weighted by atomic mass is 9.75. The Morgan fingerprint density at radius 3 is 2.39 bits per heavy atom. The molecule has 0 unspecified atom stereocenters. The summed E-state index contributed by atoms with van der Waals surface area (Å²) in [7, 11) is 0. The first-order valence-corrected chi connectivity index (χ1v) is 7.11. The van der Waals surface area contributed by atoms with Crippen molar-refractivity contribution in [1.29, 1.82) is 0 Å². The van der Waals surface area contributed by atoms with Crippen molar-refractivity contribution in [3.05, 3.63) is 0 Å². The van der Waals surface area contributed by atoms with Crippen molar-refractivity contribution >= 4 is 18.3 Å². The van der Waals surface area contributed by atoms with Crippen molar-refractivity contribution in [2.75, 3.05) is 6.54 Å². The zero-order valence-corrected chi connectivity index (χ0v) is 12.4. The van der Waals surface area contributed by atoms with Gasteiger partial charge in [0, 0.05) is 6.04 Å². The van der Waals surface area contributed by atoms with Gasteiger partial charge in [-0.3, -0.25) is 4.79 Å². The second-order valence-corrected chi connectivity index (χ2v) is 6.45. The summed E-state index contributed by atoms with van der Waals surface area (Å²) in [5, 5.41) is 6.54. The highest BCUT2D eigenvalue weighted by Gasteiger charge is 2.29. The highest BCUT2D eigenvalue weighted by atomic mass is 35.5. The van der Waals surface area contributed by atoms with Crippen molar-refractivity contribution < 1.29 is 4.79 Å². The van der Waals surface area contributed by atoms with Gasteiger partial charge in [-0.05, 0) is 50.5 Å². The van der Waals surface area contributed by atoms with Crippen LogP contribution in [0.4, 0.5) is 0 Å². The summed E-state index contributed by atoms with van der Waals surface area (Å²) in [6.45, 7) is 5.65. The predicted octanol–water partition coefficient (Wildman–Crippen LogP) is 2.64. The first kappa shape index (κ1) is 15.8. The van der Waals surface area contributed by atoms with E-state index < -0.39 is 0 Å². The normalized spacial score (nSPS) is 28.2. The van der Waals surface area contributed by atoms with E-state index in [1.807, 2.05) is 0 Å². The number of piperidine rings is 1. The third kappa shape index (κ3) is 4.43. The fourth-order valence-corrected chi connectivity index (χ4v) is 2.92. The number of rotatable bonds is 2. The van der Waals surface area contributed by atoms with Gasteiger partial charge in [0.05, 0.1) is 6.04 Å². The van der Waals surface area contributed by atoms with Crippen molar-refractivity contribution in [3.8, 4) is 0 Å². The van der Waals surface area contributed by atoms with Crippen molar-refractivity contribution in [2.24, 2.45) is 5.41 Å². The molecule has 1 aliphatic heterocycles. The quantitative estimate of drug-likeness (QED) is 0.813. The maximum Gasteiger partial charge on any atom is 0.237 e. The van der Waals surface area contributed by atoms with E-state index in [2.05, 4.69) is 24.5 Å². The van der Waals surface area contributed by atoms with Gasteiger partial charge in [-0.15, -0.1) is 12.4 Å². The molecule has 1 saturated heterocycles. The average Bonchev–Trinajstić information content (AvgIpc) is 2.33. The molecule has 3 nitrogen and oxygen atoms in total. The lowest BCUT2D eigenvalue weighted by Crippen LogP contribution is -2.50. The molecule has 2 fully saturated rings. The predicted molar refractivity (Wildman–Crippen MR) is 77.1 cm³/mol. The van der Waals surface area contributed by atoms with Crippen LogP contribution in [-0.4, -0.2) is 24.5 Å². The zero-order valence-electron chi connectivity index (χ0n) is 11.6. The Hall–Kier alpha value is -0.280. The minimum absolute atomic E-state index is 0. The number of carbonyl (C=O) groups is 1. The molecule has 2 N–H and O–H groups in total. The van der Waals surface area contributed by atoms with Crippen molar-refractivity contribution in [1.82, 2.24) is 10.6 Å². The van der Waals surface area contributed by atoms with E-state index in [1.165, 1.54) is 25.7 Å². The van der Waals surface area contributed by atoms with Crippen molar-refractivity contribution in [2.45, 2.75) is 70.9 Å². The van der Waals surface area contributed by atoms with Gasteiger partial charge in [0.2, 0.25) is 5.91 Å². The number of halogens is 1. The van der Waals surface area contributed by atoms with Crippen LogP contribution in [0.1, 0.15) is 58.8 Å². The maximum absolute atomic E-state index is 12.1. The fraction of sp³-hybridized carbons (Fsp3) is 0.929. The van der Waals surface area contributed by atoms with Crippen LogP contribution in [0.2, 0.25) is 0 Å². The molecule has 0 radical (unpaired) electrons. The smallest absolute Gasteiger partial charge is 0.237 e. The number of hydrogen-bond acceptors (Lipinski definition) is 2. The molecule has 1 saturated carbocycles.